The summed E-state index contributed by atoms with van der Waals surface area (Å²) in [5.74, 6) is 0.428. The molecule has 0 aliphatic carbocycles. The third kappa shape index (κ3) is 4.92. The summed E-state index contributed by atoms with van der Waals surface area (Å²) in [5, 5.41) is 15.1. The Balaban J connectivity index is 2.27. The van der Waals surface area contributed by atoms with E-state index in [-0.39, 0.29) is 24.7 Å². The lowest BCUT2D eigenvalue weighted by Gasteiger charge is -2.17. The van der Waals surface area contributed by atoms with Crippen molar-refractivity contribution in [3.8, 4) is 0 Å². The molecule has 0 radical (unpaired) electrons. The van der Waals surface area contributed by atoms with Gasteiger partial charge in [0.1, 0.15) is 0 Å². The summed E-state index contributed by atoms with van der Waals surface area (Å²) < 4.78 is 5.22. The lowest BCUT2D eigenvalue weighted by atomic mass is 10.00. The standard InChI is InChI=1S/C13H26N2O3/c1-3-4-10(5-6-16)8-15-13(17)12-7-11(18-2)9-14-12/h10-12,14,16H,3-9H2,1-2H3,(H,15,17). The van der Waals surface area contributed by atoms with Crippen molar-refractivity contribution < 1.29 is 14.6 Å². The van der Waals surface area contributed by atoms with Gasteiger partial charge in [-0.15, -0.1) is 0 Å². The Morgan fingerprint density at radius 1 is 1.56 bits per heavy atom. The first kappa shape index (κ1) is 15.4. The number of methoxy groups -OCH3 is 1. The molecule has 5 nitrogen and oxygen atoms in total. The quantitative estimate of drug-likeness (QED) is 0.585. The van der Waals surface area contributed by atoms with Crippen molar-refractivity contribution in [1.29, 1.82) is 0 Å². The van der Waals surface area contributed by atoms with E-state index in [1.807, 2.05) is 0 Å². The fourth-order valence-corrected chi connectivity index (χ4v) is 2.39. The summed E-state index contributed by atoms with van der Waals surface area (Å²) in [6.45, 7) is 3.70. The predicted molar refractivity (Wildman–Crippen MR) is 70.3 cm³/mol. The van der Waals surface area contributed by atoms with Gasteiger partial charge in [0.2, 0.25) is 5.91 Å². The number of carbonyl (C=O) groups excluding carboxylic acids is 1. The van der Waals surface area contributed by atoms with Gasteiger partial charge in [0.05, 0.1) is 12.1 Å². The molecular formula is C13H26N2O3. The van der Waals surface area contributed by atoms with Gasteiger partial charge >= 0.3 is 0 Å². The molecular weight excluding hydrogens is 232 g/mol. The number of rotatable bonds is 8. The van der Waals surface area contributed by atoms with Crippen molar-refractivity contribution in [2.75, 3.05) is 26.8 Å². The second-order valence-electron chi connectivity index (χ2n) is 4.97. The maximum atomic E-state index is 11.9. The number of aliphatic hydroxyl groups is 1. The van der Waals surface area contributed by atoms with Crippen molar-refractivity contribution in [2.45, 2.75) is 44.8 Å². The number of nitrogens with one attached hydrogen (secondary N) is 2. The second-order valence-corrected chi connectivity index (χ2v) is 4.97. The molecule has 5 heteroatoms. The highest BCUT2D eigenvalue weighted by atomic mass is 16.5. The minimum Gasteiger partial charge on any atom is -0.396 e. The van der Waals surface area contributed by atoms with Crippen LogP contribution in [0.3, 0.4) is 0 Å². The first-order valence-electron chi connectivity index (χ1n) is 6.86. The molecule has 3 unspecified atom stereocenters. The van der Waals surface area contributed by atoms with Crippen LogP contribution in [0, 0.1) is 5.92 Å². The van der Waals surface area contributed by atoms with E-state index in [1.54, 1.807) is 7.11 Å². The van der Waals surface area contributed by atoms with Crippen LogP contribution in [0.15, 0.2) is 0 Å². The van der Waals surface area contributed by atoms with Crippen molar-refractivity contribution >= 4 is 5.91 Å². The fourth-order valence-electron chi connectivity index (χ4n) is 2.39. The number of hydrogen-bond acceptors (Lipinski definition) is 4. The van der Waals surface area contributed by atoms with Crippen LogP contribution in [0.25, 0.3) is 0 Å². The molecule has 3 atom stereocenters. The van der Waals surface area contributed by atoms with Crippen molar-refractivity contribution in [3.63, 3.8) is 0 Å². The van der Waals surface area contributed by atoms with Gasteiger partial charge in [0, 0.05) is 26.8 Å². The minimum absolute atomic E-state index is 0.0496. The van der Waals surface area contributed by atoms with Gasteiger partial charge < -0.3 is 20.5 Å². The lowest BCUT2D eigenvalue weighted by molar-refractivity contribution is -0.123. The molecule has 0 spiro atoms. The van der Waals surface area contributed by atoms with Crippen LogP contribution in [0.2, 0.25) is 0 Å². The van der Waals surface area contributed by atoms with E-state index in [4.69, 9.17) is 9.84 Å². The average Bonchev–Trinajstić information content (AvgIpc) is 2.85. The van der Waals surface area contributed by atoms with E-state index in [0.29, 0.717) is 12.5 Å². The monoisotopic (exact) mass is 258 g/mol. The maximum Gasteiger partial charge on any atom is 0.237 e. The Bertz CT molecular complexity index is 242. The van der Waals surface area contributed by atoms with Gasteiger partial charge in [0.15, 0.2) is 0 Å². The van der Waals surface area contributed by atoms with E-state index in [9.17, 15) is 4.79 Å². The molecule has 0 bridgehead atoms. The van der Waals surface area contributed by atoms with Crippen LogP contribution in [0.5, 0.6) is 0 Å². The molecule has 1 saturated heterocycles. The molecule has 0 aromatic carbocycles. The van der Waals surface area contributed by atoms with Crippen LogP contribution < -0.4 is 10.6 Å². The molecule has 1 aliphatic rings. The van der Waals surface area contributed by atoms with E-state index < -0.39 is 0 Å². The zero-order chi connectivity index (χ0) is 13.4. The number of ether oxygens (including phenoxy) is 1. The van der Waals surface area contributed by atoms with E-state index in [2.05, 4.69) is 17.6 Å². The molecule has 1 heterocycles. The minimum atomic E-state index is -0.133. The molecule has 1 aliphatic heterocycles. The summed E-state index contributed by atoms with van der Waals surface area (Å²) in [4.78, 5) is 11.9. The highest BCUT2D eigenvalue weighted by Crippen LogP contribution is 2.12. The Hall–Kier alpha value is -0.650. The van der Waals surface area contributed by atoms with Gasteiger partial charge in [-0.3, -0.25) is 4.79 Å². The molecule has 1 amide bonds. The molecule has 1 fully saturated rings. The van der Waals surface area contributed by atoms with Gasteiger partial charge in [-0.1, -0.05) is 13.3 Å². The van der Waals surface area contributed by atoms with Crippen molar-refractivity contribution in [2.24, 2.45) is 5.92 Å². The molecule has 3 N–H and O–H groups in total. The van der Waals surface area contributed by atoms with Crippen LogP contribution in [-0.4, -0.2) is 50.0 Å². The first-order valence-corrected chi connectivity index (χ1v) is 6.86. The van der Waals surface area contributed by atoms with Gasteiger partial charge in [-0.2, -0.15) is 0 Å². The van der Waals surface area contributed by atoms with Gasteiger partial charge in [-0.05, 0) is 25.2 Å². The first-order chi connectivity index (χ1) is 8.71. The number of hydrogen-bond donors (Lipinski definition) is 3. The topological polar surface area (TPSA) is 70.6 Å². The fraction of sp³-hybridized carbons (Fsp3) is 0.923. The average molecular weight is 258 g/mol. The maximum absolute atomic E-state index is 11.9. The summed E-state index contributed by atoms with van der Waals surface area (Å²) >= 11 is 0. The van der Waals surface area contributed by atoms with Crippen molar-refractivity contribution in [1.82, 2.24) is 10.6 Å². The molecule has 0 aromatic heterocycles. The summed E-state index contributed by atoms with van der Waals surface area (Å²) in [6.07, 6.45) is 3.76. The Morgan fingerprint density at radius 2 is 2.33 bits per heavy atom. The van der Waals surface area contributed by atoms with Crippen LogP contribution in [0.4, 0.5) is 0 Å². The Labute approximate surface area is 109 Å². The zero-order valence-corrected chi connectivity index (χ0v) is 11.4. The van der Waals surface area contributed by atoms with Gasteiger partial charge in [-0.25, -0.2) is 0 Å². The number of aliphatic hydroxyl groups excluding tert-OH is 1. The smallest absolute Gasteiger partial charge is 0.237 e. The Kier molecular flexibility index (Phi) is 7.23. The molecule has 0 saturated carbocycles. The highest BCUT2D eigenvalue weighted by molar-refractivity contribution is 5.82. The Morgan fingerprint density at radius 3 is 2.89 bits per heavy atom. The molecule has 18 heavy (non-hydrogen) atoms. The van der Waals surface area contributed by atoms with E-state index >= 15 is 0 Å². The largest absolute Gasteiger partial charge is 0.396 e. The highest BCUT2D eigenvalue weighted by Gasteiger charge is 2.29. The van der Waals surface area contributed by atoms with Crippen LogP contribution >= 0.6 is 0 Å². The number of amides is 1. The molecule has 106 valence electrons. The van der Waals surface area contributed by atoms with E-state index in [0.717, 1.165) is 32.2 Å². The SMILES string of the molecule is CCCC(CCO)CNC(=O)C1CC(OC)CN1. The number of carbonyl (C=O) groups is 1. The summed E-state index contributed by atoms with van der Waals surface area (Å²) in [6, 6.07) is -0.133. The molecule has 0 aromatic rings. The normalized spacial score (nSPS) is 25.1. The zero-order valence-electron chi connectivity index (χ0n) is 11.4. The van der Waals surface area contributed by atoms with Crippen LogP contribution in [0.1, 0.15) is 32.6 Å². The summed E-state index contributed by atoms with van der Waals surface area (Å²) in [5.41, 5.74) is 0. The third-order valence-corrected chi connectivity index (χ3v) is 3.54. The third-order valence-electron chi connectivity index (χ3n) is 3.54. The van der Waals surface area contributed by atoms with Crippen molar-refractivity contribution in [3.05, 3.63) is 0 Å². The molecule has 1 rings (SSSR count). The lowest BCUT2D eigenvalue weighted by Crippen LogP contribution is -2.42. The van der Waals surface area contributed by atoms with Gasteiger partial charge in [0.25, 0.3) is 0 Å². The summed E-state index contributed by atoms with van der Waals surface area (Å²) in [7, 11) is 1.67. The second kappa shape index (κ2) is 8.45. The van der Waals surface area contributed by atoms with Crippen LogP contribution in [-0.2, 0) is 9.53 Å². The van der Waals surface area contributed by atoms with E-state index in [1.165, 1.54) is 0 Å². The predicted octanol–water partition coefficient (Wildman–Crippen LogP) is 0.278.